The molecule has 14 nitrogen and oxygen atoms in total. The van der Waals surface area contributed by atoms with Crippen molar-refractivity contribution in [2.45, 2.75) is 62.7 Å². The van der Waals surface area contributed by atoms with Gasteiger partial charge in [0.1, 0.15) is 24.2 Å². The van der Waals surface area contributed by atoms with Crippen molar-refractivity contribution >= 4 is 41.4 Å². The number of aliphatic hydroxyl groups is 1. The molecule has 0 rings (SSSR count). The van der Waals surface area contributed by atoms with Gasteiger partial charge in [0.05, 0.1) is 6.61 Å². The lowest BCUT2D eigenvalue weighted by molar-refractivity contribution is -0.142. The molecule has 0 aromatic carbocycles. The summed E-state index contributed by atoms with van der Waals surface area (Å²) in [5.74, 6) is -2.82. The number of unbranched alkanes of at least 4 members (excludes halogenated alkanes) is 1. The first-order valence-electron chi connectivity index (χ1n) is 11.3. The Morgan fingerprint density at radius 2 is 1.43 bits per heavy atom. The minimum Gasteiger partial charge on any atom is -0.480 e. The standard InChI is InChI=1S/C20H40N8O6S/c1-35-10-7-14(26-16(30)12(22)11-29)18(32)27-13(5-2-3-8-21)17(31)28-15(19(33)34)6-4-9-25-20(23)24/h12-15,29H,2-11,21-22H2,1H3,(H,26,30)(H,27,32)(H,28,31)(H,33,34)(H4,23,24,25). The third-order valence-electron chi connectivity index (χ3n) is 4.92. The largest absolute Gasteiger partial charge is 0.480 e. The predicted octanol–water partition coefficient (Wildman–Crippen LogP) is -3.22. The fourth-order valence-corrected chi connectivity index (χ4v) is 3.40. The number of aliphatic imine (C=N–C) groups is 1. The number of carbonyl (C=O) groups is 4. The molecule has 202 valence electrons. The van der Waals surface area contributed by atoms with Gasteiger partial charge < -0.3 is 49.1 Å². The summed E-state index contributed by atoms with van der Waals surface area (Å²) in [5, 5.41) is 26.1. The third-order valence-corrected chi connectivity index (χ3v) is 5.56. The Balaban J connectivity index is 5.40. The van der Waals surface area contributed by atoms with E-state index in [4.69, 9.17) is 28.0 Å². The van der Waals surface area contributed by atoms with Gasteiger partial charge in [0.15, 0.2) is 5.96 Å². The topological polar surface area (TPSA) is 261 Å². The van der Waals surface area contributed by atoms with E-state index in [1.165, 1.54) is 11.8 Å². The van der Waals surface area contributed by atoms with Crippen molar-refractivity contribution in [3.05, 3.63) is 0 Å². The van der Waals surface area contributed by atoms with Gasteiger partial charge in [-0.3, -0.25) is 19.4 Å². The van der Waals surface area contributed by atoms with Crippen molar-refractivity contribution in [3.63, 3.8) is 0 Å². The van der Waals surface area contributed by atoms with Crippen molar-refractivity contribution in [1.29, 1.82) is 0 Å². The molecule has 0 fully saturated rings. The number of nitrogens with two attached hydrogens (primary N) is 4. The fourth-order valence-electron chi connectivity index (χ4n) is 2.93. The van der Waals surface area contributed by atoms with E-state index in [1.54, 1.807) is 0 Å². The minimum atomic E-state index is -1.24. The van der Waals surface area contributed by atoms with Crippen LogP contribution in [0.1, 0.15) is 38.5 Å². The van der Waals surface area contributed by atoms with Gasteiger partial charge in [-0.25, -0.2) is 4.79 Å². The van der Waals surface area contributed by atoms with Crippen molar-refractivity contribution in [2.75, 3.05) is 31.7 Å². The Labute approximate surface area is 209 Å². The normalized spacial score (nSPS) is 14.2. The lowest BCUT2D eigenvalue weighted by Gasteiger charge is -2.25. The number of hydrogen-bond donors (Lipinski definition) is 9. The number of amides is 3. The predicted molar refractivity (Wildman–Crippen MR) is 134 cm³/mol. The Bertz CT molecular complexity index is 707. The number of nitrogens with zero attached hydrogens (tertiary/aromatic N) is 1. The summed E-state index contributed by atoms with van der Waals surface area (Å²) >= 11 is 1.46. The number of thioether (sulfide) groups is 1. The zero-order valence-corrected chi connectivity index (χ0v) is 20.9. The van der Waals surface area contributed by atoms with E-state index >= 15 is 0 Å². The molecule has 0 aliphatic carbocycles. The van der Waals surface area contributed by atoms with Crippen LogP contribution in [0.4, 0.5) is 0 Å². The number of carbonyl (C=O) groups excluding carboxylic acids is 3. The molecule has 4 atom stereocenters. The summed E-state index contributed by atoms with van der Waals surface area (Å²) in [6.07, 6.45) is 3.80. The maximum Gasteiger partial charge on any atom is 0.326 e. The maximum atomic E-state index is 12.9. The number of guanidine groups is 1. The number of hydrogen-bond acceptors (Lipinski definition) is 9. The van der Waals surface area contributed by atoms with Gasteiger partial charge in [0.2, 0.25) is 17.7 Å². The Morgan fingerprint density at radius 3 is 1.94 bits per heavy atom. The second kappa shape index (κ2) is 18.7. The average molecular weight is 521 g/mol. The van der Waals surface area contributed by atoms with Crippen LogP contribution in [0.15, 0.2) is 4.99 Å². The first-order valence-corrected chi connectivity index (χ1v) is 12.7. The zero-order chi connectivity index (χ0) is 26.8. The van der Waals surface area contributed by atoms with E-state index in [0.29, 0.717) is 31.6 Å². The van der Waals surface area contributed by atoms with Crippen LogP contribution in [0.5, 0.6) is 0 Å². The summed E-state index contributed by atoms with van der Waals surface area (Å²) in [6, 6.07) is -4.44. The first-order chi connectivity index (χ1) is 16.6. The average Bonchev–Trinajstić information content (AvgIpc) is 2.81. The van der Waals surface area contributed by atoms with Crippen LogP contribution in [-0.2, 0) is 19.2 Å². The van der Waals surface area contributed by atoms with E-state index < -0.39 is 54.5 Å². The molecule has 0 aliphatic rings. The molecule has 13 N–H and O–H groups in total. The molecule has 0 saturated carbocycles. The van der Waals surface area contributed by atoms with E-state index in [-0.39, 0.29) is 31.8 Å². The number of aliphatic carboxylic acids is 1. The van der Waals surface area contributed by atoms with Gasteiger partial charge in [-0.15, -0.1) is 0 Å². The van der Waals surface area contributed by atoms with Crippen LogP contribution in [-0.4, -0.2) is 95.7 Å². The molecule has 35 heavy (non-hydrogen) atoms. The highest BCUT2D eigenvalue weighted by Crippen LogP contribution is 2.07. The van der Waals surface area contributed by atoms with Crippen molar-refractivity contribution < 1.29 is 29.4 Å². The summed E-state index contributed by atoms with van der Waals surface area (Å²) in [4.78, 5) is 53.4. The highest BCUT2D eigenvalue weighted by atomic mass is 32.2. The molecular weight excluding hydrogens is 480 g/mol. The Kier molecular flexibility index (Phi) is 17.3. The maximum absolute atomic E-state index is 12.9. The van der Waals surface area contributed by atoms with E-state index in [1.807, 2.05) is 6.26 Å². The van der Waals surface area contributed by atoms with Crippen LogP contribution in [0.3, 0.4) is 0 Å². The van der Waals surface area contributed by atoms with Gasteiger partial charge in [-0.05, 0) is 57.1 Å². The lowest BCUT2D eigenvalue weighted by atomic mass is 10.1. The molecule has 3 amide bonds. The third kappa shape index (κ3) is 14.4. The van der Waals surface area contributed by atoms with Gasteiger partial charge in [-0.2, -0.15) is 11.8 Å². The SMILES string of the molecule is CSCCC(NC(=O)C(N)CO)C(=O)NC(CCCCN)C(=O)NC(CCCN=C(N)N)C(=O)O. The number of nitrogens with one attached hydrogen (secondary N) is 3. The fraction of sp³-hybridized carbons (Fsp3) is 0.750. The molecule has 0 radical (unpaired) electrons. The molecule has 0 aromatic rings. The van der Waals surface area contributed by atoms with E-state index in [0.717, 1.165) is 0 Å². The van der Waals surface area contributed by atoms with Crippen LogP contribution in [0.25, 0.3) is 0 Å². The second-order valence-electron chi connectivity index (χ2n) is 7.83. The van der Waals surface area contributed by atoms with E-state index in [2.05, 4.69) is 20.9 Å². The van der Waals surface area contributed by atoms with Crippen LogP contribution < -0.4 is 38.9 Å². The number of aliphatic hydroxyl groups excluding tert-OH is 1. The summed E-state index contributed by atoms with van der Waals surface area (Å²) < 4.78 is 0. The molecule has 15 heteroatoms. The number of carboxylic acid groups (broad SMARTS) is 1. The van der Waals surface area contributed by atoms with Crippen molar-refractivity contribution in [2.24, 2.45) is 27.9 Å². The van der Waals surface area contributed by atoms with Crippen molar-refractivity contribution in [3.8, 4) is 0 Å². The first kappa shape index (κ1) is 32.4. The highest BCUT2D eigenvalue weighted by molar-refractivity contribution is 7.98. The van der Waals surface area contributed by atoms with E-state index in [9.17, 15) is 24.3 Å². The molecule has 4 unspecified atom stereocenters. The van der Waals surface area contributed by atoms with Crippen LogP contribution in [0.2, 0.25) is 0 Å². The molecule has 0 aliphatic heterocycles. The smallest absolute Gasteiger partial charge is 0.326 e. The van der Waals surface area contributed by atoms with Gasteiger partial charge in [0.25, 0.3) is 0 Å². The summed E-state index contributed by atoms with van der Waals surface area (Å²) in [7, 11) is 0. The van der Waals surface area contributed by atoms with Crippen LogP contribution >= 0.6 is 11.8 Å². The Morgan fingerprint density at radius 1 is 0.886 bits per heavy atom. The molecule has 0 bridgehead atoms. The lowest BCUT2D eigenvalue weighted by Crippen LogP contribution is -2.57. The number of carboxylic acids is 1. The van der Waals surface area contributed by atoms with Gasteiger partial charge in [-0.1, -0.05) is 0 Å². The summed E-state index contributed by atoms with van der Waals surface area (Å²) in [6.45, 7) is -0.00565. The Hall–Kier alpha value is -2.62. The van der Waals surface area contributed by atoms with Crippen molar-refractivity contribution in [1.82, 2.24) is 16.0 Å². The van der Waals surface area contributed by atoms with Gasteiger partial charge >= 0.3 is 5.97 Å². The second-order valence-corrected chi connectivity index (χ2v) is 8.81. The minimum absolute atomic E-state index is 0.0762. The highest BCUT2D eigenvalue weighted by Gasteiger charge is 2.29. The summed E-state index contributed by atoms with van der Waals surface area (Å²) in [5.41, 5.74) is 21.5. The molecule has 0 spiro atoms. The molecular formula is C20H40N8O6S. The molecule has 0 aromatic heterocycles. The quantitative estimate of drug-likeness (QED) is 0.0464. The molecule has 0 heterocycles. The van der Waals surface area contributed by atoms with Gasteiger partial charge in [0, 0.05) is 6.54 Å². The number of rotatable bonds is 19. The zero-order valence-electron chi connectivity index (χ0n) is 20.1. The molecule has 0 saturated heterocycles. The van der Waals surface area contributed by atoms with Crippen LogP contribution in [0, 0.1) is 0 Å². The monoisotopic (exact) mass is 520 g/mol.